The van der Waals surface area contributed by atoms with Gasteiger partial charge in [-0.05, 0) is 34.5 Å². The second-order valence-corrected chi connectivity index (χ2v) is 7.78. The molecule has 0 aliphatic rings. The summed E-state index contributed by atoms with van der Waals surface area (Å²) in [7, 11) is -3.19. The van der Waals surface area contributed by atoms with E-state index in [1.165, 1.54) is 0 Å². The van der Waals surface area contributed by atoms with Gasteiger partial charge in [0, 0.05) is 10.7 Å². The summed E-state index contributed by atoms with van der Waals surface area (Å²) in [6.07, 6.45) is 1.05. The Balaban J connectivity index is 2.76. The fourth-order valence-corrected chi connectivity index (χ4v) is 2.93. The van der Waals surface area contributed by atoms with Crippen molar-refractivity contribution in [3.05, 3.63) is 27.4 Å². The van der Waals surface area contributed by atoms with Gasteiger partial charge in [-0.3, -0.25) is 4.79 Å². The number of amides is 1. The smallest absolute Gasteiger partial charge is 0.241 e. The van der Waals surface area contributed by atoms with Gasteiger partial charge in [0.1, 0.15) is 15.7 Å². The van der Waals surface area contributed by atoms with Crippen molar-refractivity contribution in [2.24, 2.45) is 5.73 Å². The molecule has 0 heterocycles. The van der Waals surface area contributed by atoms with E-state index in [9.17, 15) is 17.6 Å². The zero-order valence-electron chi connectivity index (χ0n) is 10.5. The number of carbonyl (C=O) groups is 1. The summed E-state index contributed by atoms with van der Waals surface area (Å²) in [6, 6.07) is 1.19. The first kappa shape index (κ1) is 17.4. The lowest BCUT2D eigenvalue weighted by molar-refractivity contribution is -0.117. The van der Waals surface area contributed by atoms with Crippen LogP contribution in [0.3, 0.4) is 0 Å². The molecule has 5 nitrogen and oxygen atoms in total. The minimum atomic E-state index is -3.19. The van der Waals surface area contributed by atoms with Crippen molar-refractivity contribution in [2.45, 2.75) is 12.5 Å². The van der Waals surface area contributed by atoms with E-state index >= 15 is 0 Å². The highest BCUT2D eigenvalue weighted by Crippen LogP contribution is 2.31. The van der Waals surface area contributed by atoms with E-state index in [4.69, 9.17) is 17.3 Å². The average molecular weight is 388 g/mol. The third kappa shape index (κ3) is 5.35. The van der Waals surface area contributed by atoms with Gasteiger partial charge in [-0.1, -0.05) is 11.6 Å². The van der Waals surface area contributed by atoms with Gasteiger partial charge in [0.05, 0.1) is 22.5 Å². The molecule has 112 valence electrons. The van der Waals surface area contributed by atoms with Crippen LogP contribution in [0.5, 0.6) is 0 Å². The Bertz CT molecular complexity index is 601. The number of benzene rings is 1. The highest BCUT2D eigenvalue weighted by molar-refractivity contribution is 9.10. The highest BCUT2D eigenvalue weighted by Gasteiger charge is 2.18. The second kappa shape index (κ2) is 6.84. The van der Waals surface area contributed by atoms with Crippen molar-refractivity contribution < 1.29 is 17.6 Å². The molecular formula is C11H13BrClFN2O3S. The van der Waals surface area contributed by atoms with E-state index in [1.54, 1.807) is 0 Å². The van der Waals surface area contributed by atoms with Crippen molar-refractivity contribution in [2.75, 3.05) is 17.3 Å². The average Bonchev–Trinajstić information content (AvgIpc) is 2.29. The standard InChI is InChI=1S/C11H13BrClFN2O3S/c1-20(18,19)3-2-9(15)11(17)16-10-7(12)4-6(14)5-8(10)13/h4-5,9H,2-3,15H2,1H3,(H,16,17). The first-order valence-corrected chi connectivity index (χ1v) is 8.72. The number of nitrogens with two attached hydrogens (primary N) is 1. The number of nitrogens with one attached hydrogen (secondary N) is 1. The molecule has 0 radical (unpaired) electrons. The molecule has 1 aromatic carbocycles. The largest absolute Gasteiger partial charge is 0.322 e. The van der Waals surface area contributed by atoms with Gasteiger partial charge in [-0.2, -0.15) is 0 Å². The van der Waals surface area contributed by atoms with Crippen LogP contribution in [0, 0.1) is 5.82 Å². The van der Waals surface area contributed by atoms with Gasteiger partial charge in [-0.25, -0.2) is 12.8 Å². The molecular weight excluding hydrogens is 375 g/mol. The van der Waals surface area contributed by atoms with Crippen LogP contribution in [-0.4, -0.2) is 32.4 Å². The van der Waals surface area contributed by atoms with Crippen LogP contribution in [0.25, 0.3) is 0 Å². The van der Waals surface area contributed by atoms with Gasteiger partial charge < -0.3 is 11.1 Å². The van der Waals surface area contributed by atoms with Crippen molar-refractivity contribution >= 4 is 49.0 Å². The van der Waals surface area contributed by atoms with Crippen LogP contribution in [0.15, 0.2) is 16.6 Å². The number of halogens is 3. The minimum absolute atomic E-state index is 0.0128. The number of rotatable bonds is 5. The van der Waals surface area contributed by atoms with Crippen LogP contribution in [-0.2, 0) is 14.6 Å². The number of hydrogen-bond acceptors (Lipinski definition) is 4. The van der Waals surface area contributed by atoms with Gasteiger partial charge in [0.15, 0.2) is 0 Å². The first-order chi connectivity index (χ1) is 9.10. The van der Waals surface area contributed by atoms with Crippen molar-refractivity contribution in [1.82, 2.24) is 0 Å². The van der Waals surface area contributed by atoms with Gasteiger partial charge in [-0.15, -0.1) is 0 Å². The predicted molar refractivity (Wildman–Crippen MR) is 80.0 cm³/mol. The normalized spacial score (nSPS) is 13.1. The lowest BCUT2D eigenvalue weighted by Crippen LogP contribution is -2.37. The molecule has 1 aromatic rings. The van der Waals surface area contributed by atoms with E-state index in [0.717, 1.165) is 18.4 Å². The second-order valence-electron chi connectivity index (χ2n) is 4.26. The monoisotopic (exact) mass is 386 g/mol. The summed E-state index contributed by atoms with van der Waals surface area (Å²) in [5.74, 6) is -1.34. The Morgan fingerprint density at radius 3 is 2.65 bits per heavy atom. The summed E-state index contributed by atoms with van der Waals surface area (Å²) >= 11 is 8.88. The molecule has 9 heteroatoms. The Morgan fingerprint density at radius 2 is 2.15 bits per heavy atom. The van der Waals surface area contributed by atoms with E-state index in [2.05, 4.69) is 21.2 Å². The zero-order valence-corrected chi connectivity index (χ0v) is 13.6. The quantitative estimate of drug-likeness (QED) is 0.808. The number of sulfone groups is 1. The maximum Gasteiger partial charge on any atom is 0.241 e. The topological polar surface area (TPSA) is 89.3 Å². The SMILES string of the molecule is CS(=O)(=O)CCC(N)C(=O)Nc1c(Cl)cc(F)cc1Br. The fraction of sp³-hybridized carbons (Fsp3) is 0.364. The Kier molecular flexibility index (Phi) is 5.93. The summed E-state index contributed by atoms with van der Waals surface area (Å²) in [4.78, 5) is 11.8. The summed E-state index contributed by atoms with van der Waals surface area (Å²) in [6.45, 7) is 0. The number of carbonyl (C=O) groups excluding carboxylic acids is 1. The summed E-state index contributed by atoms with van der Waals surface area (Å²) in [5, 5.41) is 2.45. The number of anilines is 1. The lowest BCUT2D eigenvalue weighted by Gasteiger charge is -2.14. The maximum absolute atomic E-state index is 13.0. The van der Waals surface area contributed by atoms with Crippen LogP contribution in [0.2, 0.25) is 5.02 Å². The van der Waals surface area contributed by atoms with Crippen LogP contribution >= 0.6 is 27.5 Å². The summed E-state index contributed by atoms with van der Waals surface area (Å²) in [5.41, 5.74) is 5.78. The predicted octanol–water partition coefficient (Wildman–Crippen LogP) is 1.94. The van der Waals surface area contributed by atoms with E-state index in [0.29, 0.717) is 0 Å². The molecule has 0 aliphatic carbocycles. The Labute approximate surface area is 129 Å². The van der Waals surface area contributed by atoms with Gasteiger partial charge in [0.2, 0.25) is 5.91 Å². The van der Waals surface area contributed by atoms with E-state index < -0.39 is 27.6 Å². The molecule has 0 aliphatic heterocycles. The Hall–Kier alpha value is -0.700. The van der Waals surface area contributed by atoms with E-state index in [1.807, 2.05) is 0 Å². The molecule has 0 spiro atoms. The highest BCUT2D eigenvalue weighted by atomic mass is 79.9. The molecule has 1 atom stereocenters. The van der Waals surface area contributed by atoms with Crippen LogP contribution < -0.4 is 11.1 Å². The molecule has 1 unspecified atom stereocenters. The molecule has 0 aromatic heterocycles. The molecule has 0 saturated carbocycles. The fourth-order valence-electron chi connectivity index (χ4n) is 1.35. The molecule has 3 N–H and O–H groups in total. The molecule has 20 heavy (non-hydrogen) atoms. The van der Waals surface area contributed by atoms with Crippen LogP contribution in [0.4, 0.5) is 10.1 Å². The minimum Gasteiger partial charge on any atom is -0.322 e. The lowest BCUT2D eigenvalue weighted by atomic mass is 10.2. The molecule has 0 saturated heterocycles. The zero-order chi connectivity index (χ0) is 15.5. The third-order valence-electron chi connectivity index (χ3n) is 2.39. The van der Waals surface area contributed by atoms with Crippen molar-refractivity contribution in [3.63, 3.8) is 0 Å². The van der Waals surface area contributed by atoms with Gasteiger partial charge in [0.25, 0.3) is 0 Å². The van der Waals surface area contributed by atoms with Crippen molar-refractivity contribution in [3.8, 4) is 0 Å². The van der Waals surface area contributed by atoms with E-state index in [-0.39, 0.29) is 27.4 Å². The molecule has 1 amide bonds. The molecule has 0 bridgehead atoms. The summed E-state index contributed by atoms with van der Waals surface area (Å²) < 4.78 is 35.3. The number of hydrogen-bond donors (Lipinski definition) is 2. The van der Waals surface area contributed by atoms with Gasteiger partial charge >= 0.3 is 0 Å². The first-order valence-electron chi connectivity index (χ1n) is 5.49. The molecule has 0 fully saturated rings. The third-order valence-corrected chi connectivity index (χ3v) is 4.29. The Morgan fingerprint density at radius 1 is 1.55 bits per heavy atom. The van der Waals surface area contributed by atoms with Crippen LogP contribution in [0.1, 0.15) is 6.42 Å². The maximum atomic E-state index is 13.0. The van der Waals surface area contributed by atoms with Crippen molar-refractivity contribution in [1.29, 1.82) is 0 Å². The molecule has 1 rings (SSSR count).